The Morgan fingerprint density at radius 2 is 1.67 bits per heavy atom. The minimum atomic E-state index is -1.69. The first-order valence-electron chi connectivity index (χ1n) is 6.03. The zero-order valence-corrected chi connectivity index (χ0v) is 11.2. The number of hydrogen-bond donors (Lipinski definition) is 0. The Kier molecular flexibility index (Phi) is 4.19. The van der Waals surface area contributed by atoms with Crippen molar-refractivity contribution in [3.8, 4) is 0 Å². The van der Waals surface area contributed by atoms with Crippen molar-refractivity contribution in [2.75, 3.05) is 32.8 Å². The molecule has 0 bridgehead atoms. The monoisotopic (exact) mass is 248 g/mol. The molecule has 3 nitrogen and oxygen atoms in total. The van der Waals surface area contributed by atoms with Gasteiger partial charge in [-0.1, -0.05) is 26.2 Å². The summed E-state index contributed by atoms with van der Waals surface area (Å²) in [5.74, 6) is 0. The van der Waals surface area contributed by atoms with E-state index in [0.29, 0.717) is 0 Å². The molecule has 0 atom stereocenters. The van der Waals surface area contributed by atoms with Gasteiger partial charge in [-0.25, -0.2) is 9.34 Å². The third-order valence-corrected chi connectivity index (χ3v) is 7.27. The maximum absolute atomic E-state index is 6.00. The molecule has 0 unspecified atom stereocenters. The van der Waals surface area contributed by atoms with Crippen LogP contribution in [0.5, 0.6) is 0 Å². The number of nitrogens with zero attached hydrogens (tertiary/aromatic N) is 2. The second-order valence-electron chi connectivity index (χ2n) is 4.29. The van der Waals surface area contributed by atoms with Crippen molar-refractivity contribution in [1.29, 1.82) is 0 Å². The average molecular weight is 248 g/mol. The molecule has 2 rings (SSSR count). The van der Waals surface area contributed by atoms with E-state index in [0.717, 1.165) is 32.8 Å². The van der Waals surface area contributed by atoms with Crippen molar-refractivity contribution >= 4 is 18.4 Å². The Balaban J connectivity index is 1.68. The van der Waals surface area contributed by atoms with E-state index in [4.69, 9.17) is 16.3 Å². The zero-order chi connectivity index (χ0) is 10.7. The molecule has 88 valence electrons. The van der Waals surface area contributed by atoms with Crippen molar-refractivity contribution in [3.63, 3.8) is 0 Å². The van der Waals surface area contributed by atoms with Crippen LogP contribution in [-0.2, 0) is 16.3 Å². The molecule has 2 heterocycles. The van der Waals surface area contributed by atoms with E-state index in [2.05, 4.69) is 16.3 Å². The fourth-order valence-corrected chi connectivity index (χ4v) is 5.09. The van der Waals surface area contributed by atoms with Gasteiger partial charge in [-0.3, -0.25) is 0 Å². The first kappa shape index (κ1) is 12.0. The van der Waals surface area contributed by atoms with Crippen molar-refractivity contribution in [1.82, 2.24) is 9.34 Å². The van der Waals surface area contributed by atoms with E-state index in [1.54, 1.807) is 0 Å². The number of hydrogen-bond acceptors (Lipinski definition) is 2. The first-order chi connectivity index (χ1) is 7.27. The molecule has 2 saturated heterocycles. The molecule has 0 aromatic carbocycles. The summed E-state index contributed by atoms with van der Waals surface area (Å²) in [6.07, 6.45) is 5.06. The summed E-state index contributed by atoms with van der Waals surface area (Å²) >= 11 is 5.69. The van der Waals surface area contributed by atoms with Gasteiger partial charge in [-0.15, -0.1) is 0 Å². The zero-order valence-electron chi connectivity index (χ0n) is 9.52. The van der Waals surface area contributed by atoms with Gasteiger partial charge in [0, 0.05) is 26.2 Å². The van der Waals surface area contributed by atoms with Gasteiger partial charge in [0.05, 0.1) is 6.61 Å². The van der Waals surface area contributed by atoms with Gasteiger partial charge in [0.15, 0.2) is 0 Å². The molecule has 0 aromatic rings. The highest BCUT2D eigenvalue weighted by molar-refractivity contribution is 8.10. The Morgan fingerprint density at radius 1 is 1.07 bits per heavy atom. The number of rotatable bonds is 8. The summed E-state index contributed by atoms with van der Waals surface area (Å²) < 4.78 is 10.7. The minimum absolute atomic E-state index is 0.865. The van der Waals surface area contributed by atoms with Crippen LogP contribution >= 0.6 is 6.57 Å². The van der Waals surface area contributed by atoms with Crippen LogP contribution in [0.1, 0.15) is 32.6 Å². The maximum atomic E-state index is 6.00. The molecule has 2 fully saturated rings. The van der Waals surface area contributed by atoms with Crippen molar-refractivity contribution in [2.45, 2.75) is 32.6 Å². The average Bonchev–Trinajstić information content (AvgIpc) is 3.07. The lowest BCUT2D eigenvalue weighted by Crippen LogP contribution is -2.08. The molecule has 5 heteroatoms. The Morgan fingerprint density at radius 3 is 2.13 bits per heavy atom. The summed E-state index contributed by atoms with van der Waals surface area (Å²) in [5, 5.41) is 0. The molecule has 0 aromatic heterocycles. The van der Waals surface area contributed by atoms with E-state index < -0.39 is 6.57 Å². The lowest BCUT2D eigenvalue weighted by atomic mass is 10.2. The lowest BCUT2D eigenvalue weighted by Gasteiger charge is -2.24. The van der Waals surface area contributed by atoms with Gasteiger partial charge >= 0.3 is 0 Å². The van der Waals surface area contributed by atoms with E-state index >= 15 is 0 Å². The van der Waals surface area contributed by atoms with Crippen LogP contribution in [-0.4, -0.2) is 42.1 Å². The smallest absolute Gasteiger partial charge is 0.203 e. The fraction of sp³-hybridized carbons (Fsp3) is 1.00. The molecule has 0 amide bonds. The SMILES string of the molecule is CCCCCCOP(=S)(N1CC1)N1CC1. The maximum Gasteiger partial charge on any atom is 0.203 e. The molecule has 0 saturated carbocycles. The first-order valence-corrected chi connectivity index (χ1v) is 8.65. The van der Waals surface area contributed by atoms with E-state index in [1.165, 1.54) is 25.7 Å². The van der Waals surface area contributed by atoms with Crippen LogP contribution in [0.2, 0.25) is 0 Å². The van der Waals surface area contributed by atoms with E-state index in [1.807, 2.05) is 0 Å². The number of unbranched alkanes of at least 4 members (excludes halogenated alkanes) is 3. The van der Waals surface area contributed by atoms with Gasteiger partial charge in [0.25, 0.3) is 0 Å². The summed E-state index contributed by atoms with van der Waals surface area (Å²) in [7, 11) is 0. The molecule has 0 spiro atoms. The standard InChI is InChI=1S/C10H21N2OPS/c1-2-3-4-5-10-13-14(15,11-6-7-11)12-8-9-12/h2-10H2,1H3. The van der Waals surface area contributed by atoms with Crippen LogP contribution < -0.4 is 0 Å². The lowest BCUT2D eigenvalue weighted by molar-refractivity contribution is 0.307. The topological polar surface area (TPSA) is 15.2 Å². The van der Waals surface area contributed by atoms with Crippen LogP contribution in [0.3, 0.4) is 0 Å². The van der Waals surface area contributed by atoms with Gasteiger partial charge in [0.2, 0.25) is 6.57 Å². The summed E-state index contributed by atoms with van der Waals surface area (Å²) in [5.41, 5.74) is 0. The minimum Gasteiger partial charge on any atom is -0.327 e. The normalized spacial score (nSPS) is 21.9. The molecule has 0 aliphatic carbocycles. The second-order valence-corrected chi connectivity index (χ2v) is 8.09. The largest absolute Gasteiger partial charge is 0.327 e. The Labute approximate surface area is 98.0 Å². The molecular formula is C10H21N2OPS. The van der Waals surface area contributed by atoms with Gasteiger partial charge in [-0.2, -0.15) is 0 Å². The highest BCUT2D eigenvalue weighted by Crippen LogP contribution is 2.61. The molecule has 0 radical (unpaired) electrons. The predicted octanol–water partition coefficient (Wildman–Crippen LogP) is 2.44. The molecule has 2 aliphatic heterocycles. The quantitative estimate of drug-likeness (QED) is 0.372. The highest BCUT2D eigenvalue weighted by Gasteiger charge is 2.44. The summed E-state index contributed by atoms with van der Waals surface area (Å²) in [6.45, 7) is 6.03. The predicted molar refractivity (Wildman–Crippen MR) is 67.5 cm³/mol. The van der Waals surface area contributed by atoms with Crippen LogP contribution in [0.4, 0.5) is 0 Å². The molecule has 2 aliphatic rings. The van der Waals surface area contributed by atoms with Crippen LogP contribution in [0, 0.1) is 0 Å². The van der Waals surface area contributed by atoms with Crippen molar-refractivity contribution in [2.24, 2.45) is 0 Å². The molecule has 0 N–H and O–H groups in total. The second kappa shape index (κ2) is 5.24. The molecular weight excluding hydrogens is 227 g/mol. The van der Waals surface area contributed by atoms with Crippen molar-refractivity contribution in [3.05, 3.63) is 0 Å². The molecule has 15 heavy (non-hydrogen) atoms. The Bertz CT molecular complexity index is 238. The van der Waals surface area contributed by atoms with Crippen molar-refractivity contribution < 1.29 is 4.52 Å². The van der Waals surface area contributed by atoms with E-state index in [9.17, 15) is 0 Å². The summed E-state index contributed by atoms with van der Waals surface area (Å²) in [4.78, 5) is 0. The highest BCUT2D eigenvalue weighted by atomic mass is 32.5. The fourth-order valence-electron chi connectivity index (χ4n) is 1.65. The van der Waals surface area contributed by atoms with Crippen LogP contribution in [0.15, 0.2) is 0 Å². The van der Waals surface area contributed by atoms with Gasteiger partial charge in [0.1, 0.15) is 0 Å². The van der Waals surface area contributed by atoms with Crippen LogP contribution in [0.25, 0.3) is 0 Å². The third kappa shape index (κ3) is 3.24. The van der Waals surface area contributed by atoms with Gasteiger partial charge in [-0.05, 0) is 18.2 Å². The van der Waals surface area contributed by atoms with E-state index in [-0.39, 0.29) is 0 Å². The Hall–Kier alpha value is 0.530. The third-order valence-electron chi connectivity index (χ3n) is 2.82. The van der Waals surface area contributed by atoms with Gasteiger partial charge < -0.3 is 4.52 Å². The summed E-state index contributed by atoms with van der Waals surface area (Å²) in [6, 6.07) is 0.